The van der Waals surface area contributed by atoms with Crippen molar-refractivity contribution in [2.75, 3.05) is 19.7 Å². The van der Waals surface area contributed by atoms with Crippen molar-refractivity contribution in [2.24, 2.45) is 5.92 Å². The molecule has 0 radical (unpaired) electrons. The lowest BCUT2D eigenvalue weighted by molar-refractivity contribution is -0.138. The molecule has 0 fully saturated rings. The summed E-state index contributed by atoms with van der Waals surface area (Å²) in [6.45, 7) is 4.23. The van der Waals surface area contributed by atoms with Gasteiger partial charge in [0.25, 0.3) is 0 Å². The molecule has 0 aromatic carbocycles. The number of thiocarbonyl (C=S) groups is 1. The monoisotopic (exact) mass is 232 g/mol. The second-order valence-electron chi connectivity index (χ2n) is 3.03. The van der Waals surface area contributed by atoms with Crippen LogP contribution in [0, 0.1) is 5.92 Å². The summed E-state index contributed by atoms with van der Waals surface area (Å²) in [6.07, 6.45) is 1.59. The van der Waals surface area contributed by atoms with Crippen molar-refractivity contribution < 1.29 is 15.0 Å². The van der Waals surface area contributed by atoms with Crippen LogP contribution in [0.25, 0.3) is 0 Å². The Morgan fingerprint density at radius 1 is 1.53 bits per heavy atom. The van der Waals surface area contributed by atoms with Crippen molar-refractivity contribution in [3.63, 3.8) is 0 Å². The minimum Gasteiger partial charge on any atom is -0.481 e. The highest BCUT2D eigenvalue weighted by atomic mass is 32.1. The van der Waals surface area contributed by atoms with Crippen molar-refractivity contribution in [1.29, 1.82) is 0 Å². The molecule has 0 aliphatic rings. The summed E-state index contributed by atoms with van der Waals surface area (Å²) in [7, 11) is 0. The van der Waals surface area contributed by atoms with Gasteiger partial charge in [0, 0.05) is 25.6 Å². The van der Waals surface area contributed by atoms with Gasteiger partial charge in [0.05, 0.1) is 6.42 Å². The Bertz CT molecular complexity index is 233. The van der Waals surface area contributed by atoms with E-state index in [4.69, 9.17) is 22.4 Å². The normalized spacial score (nSPS) is 11.5. The SMILES string of the molecule is C=CCNC(=S)NCC(CO)CC(=O)O. The first-order valence-corrected chi connectivity index (χ1v) is 4.96. The van der Waals surface area contributed by atoms with E-state index in [2.05, 4.69) is 17.2 Å². The Labute approximate surface area is 94.2 Å². The molecule has 0 heterocycles. The minimum absolute atomic E-state index is 0.0758. The molecule has 6 heteroatoms. The lowest BCUT2D eigenvalue weighted by Gasteiger charge is -2.14. The minimum atomic E-state index is -0.930. The van der Waals surface area contributed by atoms with Gasteiger partial charge < -0.3 is 20.8 Å². The summed E-state index contributed by atoms with van der Waals surface area (Å²) < 4.78 is 0. The molecule has 0 aliphatic carbocycles. The highest BCUT2D eigenvalue weighted by Gasteiger charge is 2.12. The van der Waals surface area contributed by atoms with Crippen molar-refractivity contribution in [2.45, 2.75) is 6.42 Å². The van der Waals surface area contributed by atoms with E-state index in [1.807, 2.05) is 0 Å². The number of hydrogen-bond acceptors (Lipinski definition) is 3. The Balaban J connectivity index is 3.74. The predicted molar refractivity (Wildman–Crippen MR) is 61.6 cm³/mol. The van der Waals surface area contributed by atoms with Gasteiger partial charge in [-0.25, -0.2) is 0 Å². The predicted octanol–water partition coefficient (Wildman–Crippen LogP) is -0.280. The number of hydrogen-bond donors (Lipinski definition) is 4. The first kappa shape index (κ1) is 13.9. The molecule has 1 unspecified atom stereocenters. The fraction of sp³-hybridized carbons (Fsp3) is 0.556. The summed E-state index contributed by atoms with van der Waals surface area (Å²) in [4.78, 5) is 10.4. The molecular formula is C9H16N2O3S. The van der Waals surface area contributed by atoms with E-state index >= 15 is 0 Å². The Morgan fingerprint density at radius 2 is 2.20 bits per heavy atom. The summed E-state index contributed by atoms with van der Waals surface area (Å²) in [5.74, 6) is -1.26. The van der Waals surface area contributed by atoms with E-state index in [-0.39, 0.29) is 18.9 Å². The quantitative estimate of drug-likeness (QED) is 0.357. The zero-order chi connectivity index (χ0) is 11.7. The maximum Gasteiger partial charge on any atom is 0.303 e. The molecule has 0 saturated carbocycles. The molecule has 5 nitrogen and oxygen atoms in total. The highest BCUT2D eigenvalue weighted by molar-refractivity contribution is 7.80. The standard InChI is InChI=1S/C9H16N2O3S/c1-2-3-10-9(15)11-5-7(6-12)4-8(13)14/h2,7,12H,1,3-6H2,(H,13,14)(H2,10,11,15). The van der Waals surface area contributed by atoms with Crippen molar-refractivity contribution in [3.05, 3.63) is 12.7 Å². The van der Waals surface area contributed by atoms with Gasteiger partial charge in [-0.2, -0.15) is 0 Å². The molecule has 1 atom stereocenters. The molecule has 15 heavy (non-hydrogen) atoms. The largest absolute Gasteiger partial charge is 0.481 e. The number of carboxylic acid groups (broad SMARTS) is 1. The van der Waals surface area contributed by atoms with Gasteiger partial charge in [0.2, 0.25) is 0 Å². The van der Waals surface area contributed by atoms with E-state index in [0.717, 1.165) is 0 Å². The second kappa shape index (κ2) is 8.19. The second-order valence-corrected chi connectivity index (χ2v) is 3.43. The third-order valence-electron chi connectivity index (χ3n) is 1.68. The van der Waals surface area contributed by atoms with Crippen LogP contribution in [0.15, 0.2) is 12.7 Å². The van der Waals surface area contributed by atoms with E-state index in [1.54, 1.807) is 6.08 Å². The molecular weight excluding hydrogens is 216 g/mol. The maximum atomic E-state index is 10.4. The third kappa shape index (κ3) is 7.90. The smallest absolute Gasteiger partial charge is 0.303 e. The van der Waals surface area contributed by atoms with Crippen LogP contribution >= 0.6 is 12.2 Å². The molecule has 0 amide bonds. The first-order chi connectivity index (χ1) is 7.10. The summed E-state index contributed by atoms with van der Waals surface area (Å²) in [5.41, 5.74) is 0. The van der Waals surface area contributed by atoms with Crippen LogP contribution < -0.4 is 10.6 Å². The Hall–Kier alpha value is -1.14. The number of aliphatic carboxylic acids is 1. The number of nitrogens with one attached hydrogen (secondary N) is 2. The summed E-state index contributed by atoms with van der Waals surface area (Å²) in [6, 6.07) is 0. The number of carbonyl (C=O) groups is 1. The van der Waals surface area contributed by atoms with Crippen LogP contribution in [-0.4, -0.2) is 41.0 Å². The molecule has 0 aliphatic heterocycles. The van der Waals surface area contributed by atoms with Crippen molar-refractivity contribution in [1.82, 2.24) is 10.6 Å². The molecule has 4 N–H and O–H groups in total. The van der Waals surface area contributed by atoms with Gasteiger partial charge in [0.15, 0.2) is 5.11 Å². The zero-order valence-electron chi connectivity index (χ0n) is 8.40. The van der Waals surface area contributed by atoms with Gasteiger partial charge >= 0.3 is 5.97 Å². The van der Waals surface area contributed by atoms with E-state index in [1.165, 1.54) is 0 Å². The molecule has 0 saturated heterocycles. The lowest BCUT2D eigenvalue weighted by atomic mass is 10.1. The number of carboxylic acids is 1. The maximum absolute atomic E-state index is 10.4. The van der Waals surface area contributed by atoms with Crippen molar-refractivity contribution >= 4 is 23.3 Å². The van der Waals surface area contributed by atoms with Crippen LogP contribution in [0.3, 0.4) is 0 Å². The molecule has 86 valence electrons. The highest BCUT2D eigenvalue weighted by Crippen LogP contribution is 1.99. The summed E-state index contributed by atoms with van der Waals surface area (Å²) >= 11 is 4.90. The number of rotatable bonds is 7. The van der Waals surface area contributed by atoms with Gasteiger partial charge in [-0.3, -0.25) is 4.79 Å². The first-order valence-electron chi connectivity index (χ1n) is 4.55. The topological polar surface area (TPSA) is 81.6 Å². The van der Waals surface area contributed by atoms with Gasteiger partial charge in [0.1, 0.15) is 0 Å². The van der Waals surface area contributed by atoms with Gasteiger partial charge in [-0.05, 0) is 12.2 Å². The Kier molecular flexibility index (Phi) is 7.57. The van der Waals surface area contributed by atoms with Crippen molar-refractivity contribution in [3.8, 4) is 0 Å². The average Bonchev–Trinajstić information content (AvgIpc) is 2.20. The van der Waals surface area contributed by atoms with Gasteiger partial charge in [-0.15, -0.1) is 6.58 Å². The molecule has 0 rings (SSSR count). The number of aliphatic hydroxyl groups is 1. The van der Waals surface area contributed by atoms with Crippen LogP contribution in [0.5, 0.6) is 0 Å². The number of aliphatic hydroxyl groups excluding tert-OH is 1. The lowest BCUT2D eigenvalue weighted by Crippen LogP contribution is -2.39. The van der Waals surface area contributed by atoms with Crippen LogP contribution in [0.4, 0.5) is 0 Å². The molecule has 0 aromatic rings. The van der Waals surface area contributed by atoms with E-state index < -0.39 is 5.97 Å². The molecule has 0 spiro atoms. The summed E-state index contributed by atoms with van der Waals surface area (Å²) in [5, 5.41) is 23.5. The fourth-order valence-electron chi connectivity index (χ4n) is 0.913. The van der Waals surface area contributed by atoms with Crippen LogP contribution in [-0.2, 0) is 4.79 Å². The van der Waals surface area contributed by atoms with Gasteiger partial charge in [-0.1, -0.05) is 6.08 Å². The Morgan fingerprint density at radius 3 is 2.67 bits per heavy atom. The zero-order valence-corrected chi connectivity index (χ0v) is 9.22. The average molecular weight is 232 g/mol. The third-order valence-corrected chi connectivity index (χ3v) is 1.97. The van der Waals surface area contributed by atoms with E-state index in [0.29, 0.717) is 18.2 Å². The molecule has 0 aromatic heterocycles. The molecule has 0 bridgehead atoms. The fourth-order valence-corrected chi connectivity index (χ4v) is 1.08. The van der Waals surface area contributed by atoms with Crippen LogP contribution in [0.2, 0.25) is 0 Å². The van der Waals surface area contributed by atoms with E-state index in [9.17, 15) is 4.79 Å². The van der Waals surface area contributed by atoms with Crippen LogP contribution in [0.1, 0.15) is 6.42 Å².